The van der Waals surface area contributed by atoms with Crippen LogP contribution in [0.1, 0.15) is 5.69 Å². The van der Waals surface area contributed by atoms with Gasteiger partial charge in [-0.3, -0.25) is 0 Å². The molecule has 0 aromatic carbocycles. The Hall–Kier alpha value is -0.530. The number of hydrogen-bond donors (Lipinski definition) is 0. The van der Waals surface area contributed by atoms with Gasteiger partial charge in [-0.25, -0.2) is 4.98 Å². The van der Waals surface area contributed by atoms with E-state index in [4.69, 9.17) is 5.26 Å². The van der Waals surface area contributed by atoms with Crippen LogP contribution < -0.4 is 0 Å². The molecule has 0 amide bonds. The van der Waals surface area contributed by atoms with Crippen molar-refractivity contribution in [2.24, 2.45) is 0 Å². The molecule has 1 aromatic heterocycles. The molecule has 2 nitrogen and oxygen atoms in total. The number of thioether (sulfide) groups is 1. The van der Waals surface area contributed by atoms with Crippen molar-refractivity contribution in [1.82, 2.24) is 4.98 Å². The van der Waals surface area contributed by atoms with Gasteiger partial charge in [-0.15, -0.1) is 11.3 Å². The van der Waals surface area contributed by atoms with Gasteiger partial charge in [0.2, 0.25) is 0 Å². The van der Waals surface area contributed by atoms with Crippen LogP contribution in [0.25, 0.3) is 0 Å². The van der Waals surface area contributed by atoms with Gasteiger partial charge in [0, 0.05) is 11.1 Å². The zero-order chi connectivity index (χ0) is 7.40. The fourth-order valence-electron chi connectivity index (χ4n) is 0.493. The first kappa shape index (κ1) is 7.58. The fraction of sp³-hybridized carbons (Fsp3) is 0.333. The number of nitrogens with zero attached hydrogens (tertiary/aromatic N) is 2. The molecule has 0 unspecified atom stereocenters. The molecule has 10 heavy (non-hydrogen) atoms. The second-order valence-corrected chi connectivity index (χ2v) is 3.78. The number of rotatable bonds is 2. The summed E-state index contributed by atoms with van der Waals surface area (Å²) in [4.78, 5) is 4.18. The van der Waals surface area contributed by atoms with Crippen molar-refractivity contribution in [3.05, 3.63) is 11.1 Å². The molecule has 0 atom stereocenters. The van der Waals surface area contributed by atoms with Crippen LogP contribution in [-0.2, 0) is 0 Å². The van der Waals surface area contributed by atoms with Crippen molar-refractivity contribution in [2.75, 3.05) is 5.75 Å². The third-order valence-electron chi connectivity index (χ3n) is 0.858. The first-order valence-electron chi connectivity index (χ1n) is 2.75. The smallest absolute Gasteiger partial charge is 0.151 e. The fourth-order valence-corrected chi connectivity index (χ4v) is 2.00. The number of aryl methyl sites for hydroxylation is 1. The summed E-state index contributed by atoms with van der Waals surface area (Å²) in [7, 11) is 0. The lowest BCUT2D eigenvalue weighted by Gasteiger charge is -1.83. The lowest BCUT2D eigenvalue weighted by molar-refractivity contribution is 1.16. The van der Waals surface area contributed by atoms with Crippen LogP contribution in [0.2, 0.25) is 0 Å². The largest absolute Gasteiger partial charge is 0.235 e. The molecule has 52 valence electrons. The minimum absolute atomic E-state index is 0.493. The standard InChI is InChI=1S/C6H6N2S2/c1-5-4-10-6(8-5)9-3-2-7/h4H,3H2,1H3. The van der Waals surface area contributed by atoms with Gasteiger partial charge in [0.05, 0.1) is 11.8 Å². The molecule has 0 saturated heterocycles. The first-order chi connectivity index (χ1) is 4.83. The Morgan fingerprint density at radius 1 is 1.90 bits per heavy atom. The van der Waals surface area contributed by atoms with Gasteiger partial charge < -0.3 is 0 Å². The zero-order valence-electron chi connectivity index (χ0n) is 5.50. The molecule has 0 spiro atoms. The normalized spacial score (nSPS) is 9.20. The molecule has 1 rings (SSSR count). The summed E-state index contributed by atoms with van der Waals surface area (Å²) in [6.07, 6.45) is 0. The van der Waals surface area contributed by atoms with Crippen LogP contribution in [0, 0.1) is 18.3 Å². The molecule has 0 N–H and O–H groups in total. The van der Waals surface area contributed by atoms with Gasteiger partial charge >= 0.3 is 0 Å². The number of aromatic nitrogens is 1. The van der Waals surface area contributed by atoms with Crippen molar-refractivity contribution >= 4 is 23.1 Å². The molecule has 4 heteroatoms. The zero-order valence-corrected chi connectivity index (χ0v) is 7.13. The minimum Gasteiger partial charge on any atom is -0.235 e. The molecule has 0 bridgehead atoms. The molecule has 0 aliphatic rings. The van der Waals surface area contributed by atoms with Gasteiger partial charge in [0.1, 0.15) is 0 Å². The van der Waals surface area contributed by atoms with Gasteiger partial charge in [-0.2, -0.15) is 5.26 Å². The Morgan fingerprint density at radius 3 is 3.20 bits per heavy atom. The van der Waals surface area contributed by atoms with Crippen molar-refractivity contribution in [2.45, 2.75) is 11.3 Å². The van der Waals surface area contributed by atoms with E-state index in [2.05, 4.69) is 11.1 Å². The van der Waals surface area contributed by atoms with E-state index in [-0.39, 0.29) is 0 Å². The highest BCUT2D eigenvalue weighted by Gasteiger charge is 1.96. The van der Waals surface area contributed by atoms with Crippen LogP contribution in [0.3, 0.4) is 0 Å². The summed E-state index contributed by atoms with van der Waals surface area (Å²) >= 11 is 3.08. The highest BCUT2D eigenvalue weighted by atomic mass is 32.2. The van der Waals surface area contributed by atoms with Crippen molar-refractivity contribution < 1.29 is 0 Å². The van der Waals surface area contributed by atoms with Crippen LogP contribution in [0.4, 0.5) is 0 Å². The predicted octanol–water partition coefficient (Wildman–Crippen LogP) is 2.07. The molecule has 0 radical (unpaired) electrons. The maximum atomic E-state index is 8.24. The Kier molecular flexibility index (Phi) is 2.72. The van der Waals surface area contributed by atoms with Crippen LogP contribution in [0.5, 0.6) is 0 Å². The third kappa shape index (κ3) is 2.01. The van der Waals surface area contributed by atoms with E-state index < -0.39 is 0 Å². The minimum atomic E-state index is 0.493. The van der Waals surface area contributed by atoms with Crippen molar-refractivity contribution in [3.63, 3.8) is 0 Å². The van der Waals surface area contributed by atoms with E-state index in [0.717, 1.165) is 10.0 Å². The number of thiazole rings is 1. The molecule has 0 fully saturated rings. The SMILES string of the molecule is Cc1csc(SCC#N)n1. The molecule has 1 aromatic rings. The Morgan fingerprint density at radius 2 is 2.70 bits per heavy atom. The van der Waals surface area contributed by atoms with Crippen molar-refractivity contribution in [1.29, 1.82) is 5.26 Å². The lowest BCUT2D eigenvalue weighted by Crippen LogP contribution is -1.72. The highest BCUT2D eigenvalue weighted by Crippen LogP contribution is 2.21. The summed E-state index contributed by atoms with van der Waals surface area (Å²) in [6.45, 7) is 1.95. The average molecular weight is 170 g/mol. The van der Waals surface area contributed by atoms with Gasteiger partial charge in [-0.1, -0.05) is 11.8 Å². The maximum Gasteiger partial charge on any atom is 0.151 e. The first-order valence-corrected chi connectivity index (χ1v) is 4.61. The van der Waals surface area contributed by atoms with Crippen LogP contribution in [-0.4, -0.2) is 10.7 Å². The van der Waals surface area contributed by atoms with Gasteiger partial charge in [0.15, 0.2) is 4.34 Å². The summed E-state index contributed by atoms with van der Waals surface area (Å²) in [6, 6.07) is 2.06. The van der Waals surface area contributed by atoms with Gasteiger partial charge in [-0.05, 0) is 6.92 Å². The van der Waals surface area contributed by atoms with E-state index in [1.807, 2.05) is 12.3 Å². The Labute approximate surface area is 67.9 Å². The second kappa shape index (κ2) is 3.59. The highest BCUT2D eigenvalue weighted by molar-refractivity contribution is 8.01. The summed E-state index contributed by atoms with van der Waals surface area (Å²) < 4.78 is 0.985. The molecular weight excluding hydrogens is 164 g/mol. The Bertz CT molecular complexity index is 248. The maximum absolute atomic E-state index is 8.24. The van der Waals surface area contributed by atoms with E-state index in [1.54, 1.807) is 11.3 Å². The lowest BCUT2D eigenvalue weighted by atomic mass is 10.6. The molecular formula is C6H6N2S2. The Balaban J connectivity index is 2.52. The topological polar surface area (TPSA) is 36.7 Å². The summed E-state index contributed by atoms with van der Waals surface area (Å²) in [5, 5.41) is 10.2. The predicted molar refractivity (Wildman–Crippen MR) is 43.2 cm³/mol. The molecule has 0 aliphatic heterocycles. The quantitative estimate of drug-likeness (QED) is 0.637. The van der Waals surface area contributed by atoms with E-state index in [9.17, 15) is 0 Å². The summed E-state index contributed by atoms with van der Waals surface area (Å²) in [5.74, 6) is 0.493. The van der Waals surface area contributed by atoms with Crippen LogP contribution in [0.15, 0.2) is 9.72 Å². The second-order valence-electron chi connectivity index (χ2n) is 1.70. The van der Waals surface area contributed by atoms with Crippen molar-refractivity contribution in [3.8, 4) is 6.07 Å². The monoisotopic (exact) mass is 170 g/mol. The number of nitriles is 1. The van der Waals surface area contributed by atoms with E-state index in [0.29, 0.717) is 5.75 Å². The van der Waals surface area contributed by atoms with E-state index >= 15 is 0 Å². The summed E-state index contributed by atoms with van der Waals surface area (Å²) in [5.41, 5.74) is 1.03. The van der Waals surface area contributed by atoms with Crippen LogP contribution >= 0.6 is 23.1 Å². The number of hydrogen-bond acceptors (Lipinski definition) is 4. The van der Waals surface area contributed by atoms with Gasteiger partial charge in [0.25, 0.3) is 0 Å². The molecule has 1 heterocycles. The molecule has 0 saturated carbocycles. The van der Waals surface area contributed by atoms with E-state index in [1.165, 1.54) is 11.8 Å². The third-order valence-corrected chi connectivity index (χ3v) is 2.86. The average Bonchev–Trinajstić information content (AvgIpc) is 2.31. The molecule has 0 aliphatic carbocycles.